The Morgan fingerprint density at radius 2 is 2.42 bits per heavy atom. The van der Waals surface area contributed by atoms with Gasteiger partial charge in [-0.1, -0.05) is 0 Å². The SMILES string of the molecule is CC(O)(C(=O)NO)C1CCCN1. The lowest BCUT2D eigenvalue weighted by Crippen LogP contribution is -2.55. The standard InChI is InChI=1S/C7H14N2O3/c1-7(11,6(10)9-12)5-3-2-4-8-5/h5,8,11-12H,2-4H2,1H3,(H,9,10). The molecule has 1 rings (SSSR count). The van der Waals surface area contributed by atoms with E-state index in [1.54, 1.807) is 0 Å². The highest BCUT2D eigenvalue weighted by atomic mass is 16.5. The lowest BCUT2D eigenvalue weighted by molar-refractivity contribution is -0.149. The molecule has 0 aromatic rings. The average Bonchev–Trinajstić information content (AvgIpc) is 2.55. The Hall–Kier alpha value is -0.650. The molecule has 1 fully saturated rings. The summed E-state index contributed by atoms with van der Waals surface area (Å²) in [6, 6.07) is -0.260. The fraction of sp³-hybridized carbons (Fsp3) is 0.857. The third-order valence-electron chi connectivity index (χ3n) is 2.30. The van der Waals surface area contributed by atoms with E-state index in [9.17, 15) is 9.90 Å². The quantitative estimate of drug-likeness (QED) is 0.319. The van der Waals surface area contributed by atoms with E-state index in [1.807, 2.05) is 0 Å². The Bertz CT molecular complexity index is 175. The summed E-state index contributed by atoms with van der Waals surface area (Å²) in [5.74, 6) is -0.762. The molecule has 1 saturated heterocycles. The maximum absolute atomic E-state index is 11.0. The highest BCUT2D eigenvalue weighted by Crippen LogP contribution is 2.18. The first-order chi connectivity index (χ1) is 5.59. The van der Waals surface area contributed by atoms with Gasteiger partial charge in [0.25, 0.3) is 5.91 Å². The number of hydrogen-bond acceptors (Lipinski definition) is 4. The molecule has 12 heavy (non-hydrogen) atoms. The van der Waals surface area contributed by atoms with E-state index >= 15 is 0 Å². The number of carbonyl (C=O) groups is 1. The molecule has 2 atom stereocenters. The summed E-state index contributed by atoms with van der Waals surface area (Å²) < 4.78 is 0. The van der Waals surface area contributed by atoms with E-state index in [0.29, 0.717) is 0 Å². The molecule has 0 aromatic heterocycles. The van der Waals surface area contributed by atoms with Gasteiger partial charge in [0.15, 0.2) is 5.60 Å². The molecule has 1 amide bonds. The number of nitrogens with one attached hydrogen (secondary N) is 2. The number of aliphatic hydroxyl groups is 1. The summed E-state index contributed by atoms with van der Waals surface area (Å²) in [4.78, 5) is 11.0. The predicted octanol–water partition coefficient (Wildman–Crippen LogP) is -1.01. The van der Waals surface area contributed by atoms with Crippen molar-refractivity contribution in [3.8, 4) is 0 Å². The Labute approximate surface area is 70.7 Å². The molecule has 0 bridgehead atoms. The van der Waals surface area contributed by atoms with Gasteiger partial charge in [-0.05, 0) is 26.3 Å². The minimum absolute atomic E-state index is 0.260. The summed E-state index contributed by atoms with van der Waals surface area (Å²) in [5.41, 5.74) is -0.0694. The molecule has 2 unspecified atom stereocenters. The molecular weight excluding hydrogens is 160 g/mol. The van der Waals surface area contributed by atoms with Crippen molar-refractivity contribution in [3.63, 3.8) is 0 Å². The predicted molar refractivity (Wildman–Crippen MR) is 41.6 cm³/mol. The van der Waals surface area contributed by atoms with Gasteiger partial charge in [0.05, 0.1) is 0 Å². The third kappa shape index (κ3) is 1.57. The second-order valence-electron chi connectivity index (χ2n) is 3.24. The Morgan fingerprint density at radius 1 is 1.75 bits per heavy atom. The van der Waals surface area contributed by atoms with Gasteiger partial charge < -0.3 is 10.4 Å². The van der Waals surface area contributed by atoms with Crippen molar-refractivity contribution in [2.75, 3.05) is 6.54 Å². The van der Waals surface area contributed by atoms with Crippen LogP contribution in [0.5, 0.6) is 0 Å². The van der Waals surface area contributed by atoms with Crippen LogP contribution < -0.4 is 10.8 Å². The van der Waals surface area contributed by atoms with Crippen LogP contribution in [-0.2, 0) is 4.79 Å². The molecule has 1 aliphatic rings. The van der Waals surface area contributed by atoms with E-state index in [0.717, 1.165) is 19.4 Å². The summed E-state index contributed by atoms with van der Waals surface area (Å²) in [7, 11) is 0. The first kappa shape index (κ1) is 9.44. The number of rotatable bonds is 2. The van der Waals surface area contributed by atoms with Crippen LogP contribution in [0.15, 0.2) is 0 Å². The molecule has 5 nitrogen and oxygen atoms in total. The molecule has 5 heteroatoms. The zero-order valence-electron chi connectivity index (χ0n) is 7.00. The van der Waals surface area contributed by atoms with Crippen LogP contribution in [0.1, 0.15) is 19.8 Å². The number of carbonyl (C=O) groups excluding carboxylic acids is 1. The van der Waals surface area contributed by atoms with E-state index in [4.69, 9.17) is 5.21 Å². The summed E-state index contributed by atoms with van der Waals surface area (Å²) in [6.45, 7) is 2.20. The van der Waals surface area contributed by atoms with Crippen LogP contribution in [0, 0.1) is 0 Å². The van der Waals surface area contributed by atoms with E-state index in [1.165, 1.54) is 12.4 Å². The molecule has 0 spiro atoms. The van der Waals surface area contributed by atoms with Crippen LogP contribution in [0.4, 0.5) is 0 Å². The summed E-state index contributed by atoms with van der Waals surface area (Å²) in [5, 5.41) is 21.0. The van der Waals surface area contributed by atoms with Crippen molar-refractivity contribution in [2.24, 2.45) is 0 Å². The molecule has 70 valence electrons. The molecule has 0 saturated carbocycles. The van der Waals surface area contributed by atoms with Crippen molar-refractivity contribution in [3.05, 3.63) is 0 Å². The van der Waals surface area contributed by atoms with E-state index in [2.05, 4.69) is 5.32 Å². The highest BCUT2D eigenvalue weighted by molar-refractivity contribution is 5.84. The summed E-state index contributed by atoms with van der Waals surface area (Å²) >= 11 is 0. The highest BCUT2D eigenvalue weighted by Gasteiger charge is 2.40. The molecule has 1 heterocycles. The first-order valence-corrected chi connectivity index (χ1v) is 3.99. The topological polar surface area (TPSA) is 81.6 Å². The molecule has 0 aromatic carbocycles. The van der Waals surface area contributed by atoms with Crippen LogP contribution >= 0.6 is 0 Å². The summed E-state index contributed by atoms with van der Waals surface area (Å²) in [6.07, 6.45) is 1.69. The maximum atomic E-state index is 11.0. The lowest BCUT2D eigenvalue weighted by atomic mass is 9.94. The van der Waals surface area contributed by atoms with Crippen molar-refractivity contribution in [1.29, 1.82) is 0 Å². The molecular formula is C7H14N2O3. The second-order valence-corrected chi connectivity index (χ2v) is 3.24. The van der Waals surface area contributed by atoms with Crippen molar-refractivity contribution in [2.45, 2.75) is 31.4 Å². The minimum Gasteiger partial charge on any atom is -0.379 e. The normalized spacial score (nSPS) is 28.1. The average molecular weight is 174 g/mol. The van der Waals surface area contributed by atoms with Gasteiger partial charge >= 0.3 is 0 Å². The van der Waals surface area contributed by atoms with Gasteiger partial charge in [0, 0.05) is 6.04 Å². The third-order valence-corrected chi connectivity index (χ3v) is 2.30. The largest absolute Gasteiger partial charge is 0.379 e. The van der Waals surface area contributed by atoms with Crippen molar-refractivity contribution in [1.82, 2.24) is 10.8 Å². The Balaban J connectivity index is 2.62. The second kappa shape index (κ2) is 3.38. The van der Waals surface area contributed by atoms with Gasteiger partial charge in [-0.25, -0.2) is 5.48 Å². The number of hydrogen-bond donors (Lipinski definition) is 4. The first-order valence-electron chi connectivity index (χ1n) is 3.99. The zero-order chi connectivity index (χ0) is 9.19. The minimum atomic E-state index is -1.52. The molecule has 0 aliphatic carbocycles. The van der Waals surface area contributed by atoms with E-state index < -0.39 is 11.5 Å². The lowest BCUT2D eigenvalue weighted by Gasteiger charge is -2.27. The maximum Gasteiger partial charge on any atom is 0.276 e. The fourth-order valence-corrected chi connectivity index (χ4v) is 1.44. The molecule has 0 radical (unpaired) electrons. The molecule has 4 N–H and O–H groups in total. The number of hydroxylamine groups is 1. The van der Waals surface area contributed by atoms with Gasteiger partial charge in [0.1, 0.15) is 0 Å². The Morgan fingerprint density at radius 3 is 2.83 bits per heavy atom. The fourth-order valence-electron chi connectivity index (χ4n) is 1.44. The zero-order valence-corrected chi connectivity index (χ0v) is 7.00. The van der Waals surface area contributed by atoms with Crippen molar-refractivity contribution >= 4 is 5.91 Å². The van der Waals surface area contributed by atoms with Crippen LogP contribution in [0.3, 0.4) is 0 Å². The van der Waals surface area contributed by atoms with Crippen LogP contribution in [0.2, 0.25) is 0 Å². The van der Waals surface area contributed by atoms with Crippen LogP contribution in [-0.4, -0.2) is 34.4 Å². The monoisotopic (exact) mass is 174 g/mol. The number of amides is 1. The van der Waals surface area contributed by atoms with Crippen molar-refractivity contribution < 1.29 is 15.1 Å². The van der Waals surface area contributed by atoms with Gasteiger partial charge in [-0.2, -0.15) is 0 Å². The molecule has 1 aliphatic heterocycles. The van der Waals surface area contributed by atoms with Gasteiger partial charge in [0.2, 0.25) is 0 Å². The van der Waals surface area contributed by atoms with Gasteiger partial charge in [-0.3, -0.25) is 10.0 Å². The smallest absolute Gasteiger partial charge is 0.276 e. The van der Waals surface area contributed by atoms with E-state index in [-0.39, 0.29) is 6.04 Å². The van der Waals surface area contributed by atoms with Gasteiger partial charge in [-0.15, -0.1) is 0 Å². The Kier molecular flexibility index (Phi) is 2.66. The van der Waals surface area contributed by atoms with Crippen LogP contribution in [0.25, 0.3) is 0 Å².